The lowest BCUT2D eigenvalue weighted by Gasteiger charge is -2.33. The van der Waals surface area contributed by atoms with E-state index in [-0.39, 0.29) is 22.9 Å². The number of aliphatic hydroxyl groups is 1. The van der Waals surface area contributed by atoms with Gasteiger partial charge in [0.05, 0.1) is 23.1 Å². The van der Waals surface area contributed by atoms with Crippen molar-refractivity contribution in [2.24, 2.45) is 5.92 Å². The molecule has 2 amide bonds. The third-order valence-electron chi connectivity index (χ3n) is 4.27. The summed E-state index contributed by atoms with van der Waals surface area (Å²) in [6.07, 6.45) is -3.55. The molecule has 1 aliphatic heterocycles. The molecule has 0 aromatic heterocycles. The number of nitrogens with one attached hydrogen (secondary N) is 2. The van der Waals surface area contributed by atoms with E-state index in [1.165, 1.54) is 18.2 Å². The highest BCUT2D eigenvalue weighted by molar-refractivity contribution is 6.50. The highest BCUT2D eigenvalue weighted by atomic mass is 35.5. The monoisotopic (exact) mass is 474 g/mol. The number of carboxylic acids is 1. The predicted octanol–water partition coefficient (Wildman–Crippen LogP) is 0.669. The molecular formula is C18H21BCl2N2O8. The summed E-state index contributed by atoms with van der Waals surface area (Å²) in [5.41, 5.74) is 0.0866. The van der Waals surface area contributed by atoms with Crippen LogP contribution in [-0.4, -0.2) is 65.8 Å². The Balaban J connectivity index is 2.04. The number of aliphatic carboxylic acids is 1. The molecule has 0 spiro atoms. The number of rotatable bonds is 8. The molecule has 1 aromatic rings. The van der Waals surface area contributed by atoms with Crippen LogP contribution in [0.5, 0.6) is 0 Å². The summed E-state index contributed by atoms with van der Waals surface area (Å²) in [4.78, 5) is 47.7. The minimum Gasteiger partial charge on any atom is -0.506 e. The molecule has 0 saturated carbocycles. The van der Waals surface area contributed by atoms with Gasteiger partial charge in [-0.05, 0) is 30.5 Å². The molecule has 3 atom stereocenters. The van der Waals surface area contributed by atoms with Crippen LogP contribution in [0.3, 0.4) is 0 Å². The Morgan fingerprint density at radius 2 is 1.94 bits per heavy atom. The number of carbonyl (C=O) groups excluding carboxylic acids is 3. The summed E-state index contributed by atoms with van der Waals surface area (Å²) in [6, 6.07) is 4.31. The summed E-state index contributed by atoms with van der Waals surface area (Å²) < 4.78 is 10.1. The fraction of sp³-hybridized carbons (Fsp3) is 0.444. The third kappa shape index (κ3) is 6.83. The summed E-state index contributed by atoms with van der Waals surface area (Å²) in [5, 5.41) is 24.2. The van der Waals surface area contributed by atoms with Crippen LogP contribution in [0.25, 0.3) is 0 Å². The number of benzene rings is 1. The molecule has 1 fully saturated rings. The lowest BCUT2D eigenvalue weighted by molar-refractivity contribution is -0.172. The lowest BCUT2D eigenvalue weighted by atomic mass is 9.72. The first-order chi connectivity index (χ1) is 14.5. The van der Waals surface area contributed by atoms with E-state index in [0.717, 1.165) is 0 Å². The van der Waals surface area contributed by atoms with Crippen molar-refractivity contribution in [1.29, 1.82) is 0 Å². The second-order valence-electron chi connectivity index (χ2n) is 7.26. The van der Waals surface area contributed by atoms with Crippen LogP contribution in [0.15, 0.2) is 18.2 Å². The summed E-state index contributed by atoms with van der Waals surface area (Å²) in [7, 11) is -1.43. The van der Waals surface area contributed by atoms with Crippen LogP contribution in [-0.2, 0) is 23.7 Å². The Bertz CT molecular complexity index is 869. The molecule has 1 aliphatic rings. The number of hydrogen-bond donors (Lipinski definition) is 4. The molecule has 10 nitrogen and oxygen atoms in total. The van der Waals surface area contributed by atoms with Crippen LogP contribution in [0.4, 0.5) is 0 Å². The number of carboxylic acid groups (broad SMARTS) is 1. The predicted molar refractivity (Wildman–Crippen MR) is 111 cm³/mol. The summed E-state index contributed by atoms with van der Waals surface area (Å²) in [6.45, 7) is 3.22. The zero-order valence-electron chi connectivity index (χ0n) is 16.6. The minimum atomic E-state index is -1.98. The summed E-state index contributed by atoms with van der Waals surface area (Å²) in [5.74, 6) is -4.91. The van der Waals surface area contributed by atoms with Crippen LogP contribution < -0.4 is 10.6 Å². The zero-order chi connectivity index (χ0) is 23.3. The number of halogens is 2. The van der Waals surface area contributed by atoms with E-state index < -0.39 is 55.6 Å². The van der Waals surface area contributed by atoms with Crippen LogP contribution >= 0.6 is 23.2 Å². The Morgan fingerprint density at radius 1 is 1.26 bits per heavy atom. The molecule has 1 saturated heterocycles. The van der Waals surface area contributed by atoms with Gasteiger partial charge >= 0.3 is 19.1 Å². The first kappa shape index (κ1) is 24.9. The smallest absolute Gasteiger partial charge is 0.506 e. The van der Waals surface area contributed by atoms with Crippen LogP contribution in [0.2, 0.25) is 10.0 Å². The van der Waals surface area contributed by atoms with Gasteiger partial charge in [-0.2, -0.15) is 0 Å². The van der Waals surface area contributed by atoms with Gasteiger partial charge in [-0.1, -0.05) is 37.0 Å². The fourth-order valence-electron chi connectivity index (χ4n) is 2.86. The van der Waals surface area contributed by atoms with Crippen molar-refractivity contribution in [3.05, 3.63) is 33.8 Å². The topological polar surface area (TPSA) is 151 Å². The minimum absolute atomic E-state index is 0.00240. The first-order valence-corrected chi connectivity index (χ1v) is 10.0. The van der Waals surface area contributed by atoms with E-state index in [9.17, 15) is 24.3 Å². The van der Waals surface area contributed by atoms with Crippen molar-refractivity contribution < 1.29 is 38.7 Å². The largest absolute Gasteiger partial charge is 0.552 e. The quantitative estimate of drug-likeness (QED) is 0.401. The van der Waals surface area contributed by atoms with Gasteiger partial charge in [-0.3, -0.25) is 14.4 Å². The molecule has 0 radical (unpaired) electrons. The maximum atomic E-state index is 12.4. The van der Waals surface area contributed by atoms with Crippen molar-refractivity contribution in [2.75, 3.05) is 6.54 Å². The van der Waals surface area contributed by atoms with Crippen molar-refractivity contribution in [3.63, 3.8) is 0 Å². The number of aliphatic hydroxyl groups excluding tert-OH is 1. The van der Waals surface area contributed by atoms with Crippen molar-refractivity contribution in [2.45, 2.75) is 38.4 Å². The molecule has 31 heavy (non-hydrogen) atoms. The molecule has 2 rings (SSSR count). The van der Waals surface area contributed by atoms with Gasteiger partial charge in [0.1, 0.15) is 0 Å². The molecule has 0 bridgehead atoms. The Morgan fingerprint density at radius 3 is 2.55 bits per heavy atom. The fourth-order valence-corrected chi connectivity index (χ4v) is 3.23. The van der Waals surface area contributed by atoms with Gasteiger partial charge in [0.15, 0.2) is 12.2 Å². The Hall–Kier alpha value is -2.34. The average molecular weight is 475 g/mol. The van der Waals surface area contributed by atoms with Crippen molar-refractivity contribution >= 4 is 54.1 Å². The maximum absolute atomic E-state index is 12.4. The first-order valence-electron chi connectivity index (χ1n) is 9.29. The van der Waals surface area contributed by atoms with Gasteiger partial charge in [-0.15, -0.1) is 0 Å². The molecule has 0 unspecified atom stereocenters. The highest BCUT2D eigenvalue weighted by Crippen LogP contribution is 2.21. The molecule has 1 heterocycles. The second-order valence-corrected chi connectivity index (χ2v) is 8.10. The molecule has 4 N–H and O–H groups in total. The van der Waals surface area contributed by atoms with Crippen LogP contribution in [0, 0.1) is 5.92 Å². The molecule has 1 aromatic carbocycles. The molecule has 168 valence electrons. The number of hydrogen-bond acceptors (Lipinski definition) is 7. The van der Waals surface area contributed by atoms with Gasteiger partial charge in [0.25, 0.3) is 5.91 Å². The van der Waals surface area contributed by atoms with E-state index in [0.29, 0.717) is 5.02 Å². The molecular weight excluding hydrogens is 454 g/mol. The van der Waals surface area contributed by atoms with Crippen molar-refractivity contribution in [1.82, 2.24) is 10.6 Å². The molecule has 0 aliphatic carbocycles. The van der Waals surface area contributed by atoms with Gasteiger partial charge in [0, 0.05) is 5.02 Å². The Labute approximate surface area is 188 Å². The van der Waals surface area contributed by atoms with Gasteiger partial charge < -0.3 is 30.2 Å². The van der Waals surface area contributed by atoms with Crippen LogP contribution in [0.1, 0.15) is 30.6 Å². The van der Waals surface area contributed by atoms with Gasteiger partial charge in [0.2, 0.25) is 5.91 Å². The van der Waals surface area contributed by atoms with Crippen molar-refractivity contribution in [3.8, 4) is 0 Å². The lowest BCUT2D eigenvalue weighted by Crippen LogP contribution is -2.61. The van der Waals surface area contributed by atoms with E-state index >= 15 is 0 Å². The maximum Gasteiger partial charge on any atom is 0.552 e. The van der Waals surface area contributed by atoms with E-state index in [1.807, 2.05) is 13.8 Å². The van der Waals surface area contributed by atoms with E-state index in [1.54, 1.807) is 0 Å². The number of carbonyl (C=O) groups is 4. The highest BCUT2D eigenvalue weighted by Gasteiger charge is 2.49. The number of amides is 2. The summed E-state index contributed by atoms with van der Waals surface area (Å²) >= 11 is 11.8. The third-order valence-corrected chi connectivity index (χ3v) is 4.83. The molecule has 13 heteroatoms. The average Bonchev–Trinajstić information content (AvgIpc) is 2.68. The Kier molecular flexibility index (Phi) is 8.69. The zero-order valence-corrected chi connectivity index (χ0v) is 18.1. The standard InChI is InChI=1S/C18H21BCl2N2O8/c1-8(2)5-12(19-30-15(17(27)28)14(25)18(29)31-19)23-13(24)7-22-16(26)10-6-9(20)3-4-11(10)21/h3-4,6,8,12,14-15,25H,5,7H2,1-2H3,(H,22,26)(H,23,24)(H,27,28)/t12-,14-,15+/m0/s1. The SMILES string of the molecule is CC(C)C[C@H](NC(=O)CNC(=O)c1cc(Cl)ccc1Cl)B1OC(=O)[C@@H](O)[C@H](C(=O)O)O1. The van der Waals surface area contributed by atoms with Gasteiger partial charge in [-0.25, -0.2) is 4.79 Å². The van der Waals surface area contributed by atoms with E-state index in [4.69, 9.17) is 37.6 Å². The van der Waals surface area contributed by atoms with E-state index in [2.05, 4.69) is 10.6 Å². The second kappa shape index (κ2) is 10.8. The normalized spacial score (nSPS) is 19.5.